The third-order valence-electron chi connectivity index (χ3n) is 3.58. The first kappa shape index (κ1) is 13.4. The first-order valence-electron chi connectivity index (χ1n) is 7.18. The summed E-state index contributed by atoms with van der Waals surface area (Å²) in [4.78, 5) is 9.51. The number of hydrogen-bond acceptors (Lipinski definition) is 4. The van der Waals surface area contributed by atoms with E-state index < -0.39 is 0 Å². The zero-order valence-electron chi connectivity index (χ0n) is 11.8. The second-order valence-electron chi connectivity index (χ2n) is 5.37. The first-order chi connectivity index (χ1) is 9.81. The Morgan fingerprint density at radius 2 is 2.30 bits per heavy atom. The average Bonchev–Trinajstić information content (AvgIpc) is 3.11. The third-order valence-corrected chi connectivity index (χ3v) is 3.58. The fourth-order valence-electron chi connectivity index (χ4n) is 2.58. The smallest absolute Gasteiger partial charge is 0.133 e. The van der Waals surface area contributed by atoms with Gasteiger partial charge in [-0.15, -0.1) is 0 Å². The summed E-state index contributed by atoms with van der Waals surface area (Å²) >= 11 is 0. The maximum absolute atomic E-state index is 5.92. The van der Waals surface area contributed by atoms with Gasteiger partial charge in [0.15, 0.2) is 0 Å². The lowest BCUT2D eigenvalue weighted by atomic mass is 10.1. The molecule has 0 unspecified atom stereocenters. The molecule has 2 aromatic heterocycles. The Balaban J connectivity index is 1.56. The summed E-state index contributed by atoms with van der Waals surface area (Å²) in [5.41, 5.74) is 0. The van der Waals surface area contributed by atoms with Crippen LogP contribution in [0, 0.1) is 0 Å². The Hall–Kier alpha value is -1.59. The van der Waals surface area contributed by atoms with Gasteiger partial charge in [-0.3, -0.25) is 4.90 Å². The summed E-state index contributed by atoms with van der Waals surface area (Å²) in [6, 6.07) is 4.10. The normalized spacial score (nSPS) is 19.6. The van der Waals surface area contributed by atoms with Crippen LogP contribution in [0.25, 0.3) is 0 Å². The van der Waals surface area contributed by atoms with E-state index in [1.165, 1.54) is 6.42 Å². The average molecular weight is 275 g/mol. The maximum atomic E-state index is 5.92. The van der Waals surface area contributed by atoms with Crippen LogP contribution in [0.2, 0.25) is 0 Å². The number of nitrogens with zero attached hydrogens (tertiary/aromatic N) is 2. The molecule has 1 atom stereocenters. The summed E-state index contributed by atoms with van der Waals surface area (Å²) in [6.45, 7) is 2.40. The van der Waals surface area contributed by atoms with Crippen LogP contribution < -0.4 is 0 Å². The Morgan fingerprint density at radius 1 is 1.35 bits per heavy atom. The summed E-state index contributed by atoms with van der Waals surface area (Å²) in [5, 5.41) is 0. The fraction of sp³-hybridized carbons (Fsp3) is 0.533. The highest BCUT2D eigenvalue weighted by Crippen LogP contribution is 2.29. The van der Waals surface area contributed by atoms with Crippen LogP contribution >= 0.6 is 0 Å². The molecule has 2 aromatic rings. The molecule has 20 heavy (non-hydrogen) atoms. The van der Waals surface area contributed by atoms with E-state index in [-0.39, 0.29) is 6.10 Å². The van der Waals surface area contributed by atoms with Crippen molar-refractivity contribution in [3.05, 3.63) is 41.9 Å². The molecule has 1 aliphatic rings. The third kappa shape index (κ3) is 3.29. The van der Waals surface area contributed by atoms with Gasteiger partial charge in [0.25, 0.3) is 0 Å². The van der Waals surface area contributed by atoms with E-state index in [2.05, 4.69) is 21.9 Å². The van der Waals surface area contributed by atoms with Crippen LogP contribution in [0.4, 0.5) is 0 Å². The Labute approximate surface area is 118 Å². The van der Waals surface area contributed by atoms with Crippen molar-refractivity contribution >= 4 is 0 Å². The Kier molecular flexibility index (Phi) is 4.18. The number of furan rings is 1. The minimum atomic E-state index is 0.146. The standard InChI is InChI=1S/C15H21N3O2/c1-18(11-15-16-7-8-17-15)10-12-5-6-14(20-12)13-4-2-3-9-19-13/h5-8,13H,2-4,9-11H2,1H3,(H,16,17)/t13-/m1/s1. The van der Waals surface area contributed by atoms with Crippen molar-refractivity contribution < 1.29 is 9.15 Å². The van der Waals surface area contributed by atoms with Crippen LogP contribution in [0.3, 0.4) is 0 Å². The molecule has 0 saturated carbocycles. The SMILES string of the molecule is CN(Cc1ncc[nH]1)Cc1ccc([C@H]2CCCCO2)o1. The van der Waals surface area contributed by atoms with Crippen LogP contribution in [0.1, 0.15) is 42.7 Å². The molecule has 0 bridgehead atoms. The predicted octanol–water partition coefficient (Wildman–Crippen LogP) is 2.88. The van der Waals surface area contributed by atoms with Crippen molar-refractivity contribution in [2.24, 2.45) is 0 Å². The van der Waals surface area contributed by atoms with E-state index in [0.717, 1.165) is 49.9 Å². The quantitative estimate of drug-likeness (QED) is 0.911. The lowest BCUT2D eigenvalue weighted by molar-refractivity contribution is 0.000901. The lowest BCUT2D eigenvalue weighted by Gasteiger charge is -2.20. The van der Waals surface area contributed by atoms with E-state index in [0.29, 0.717) is 0 Å². The van der Waals surface area contributed by atoms with Crippen LogP contribution in [0.5, 0.6) is 0 Å². The first-order valence-corrected chi connectivity index (χ1v) is 7.18. The zero-order chi connectivity index (χ0) is 13.8. The molecule has 0 radical (unpaired) electrons. The molecule has 0 aromatic carbocycles. The van der Waals surface area contributed by atoms with Gasteiger partial charge < -0.3 is 14.1 Å². The molecule has 0 amide bonds. The van der Waals surface area contributed by atoms with Crippen molar-refractivity contribution in [3.63, 3.8) is 0 Å². The maximum Gasteiger partial charge on any atom is 0.133 e. The number of H-pyrrole nitrogens is 1. The monoisotopic (exact) mass is 275 g/mol. The number of ether oxygens (including phenoxy) is 1. The van der Waals surface area contributed by atoms with Gasteiger partial charge in [0, 0.05) is 19.0 Å². The topological polar surface area (TPSA) is 54.3 Å². The molecule has 0 spiro atoms. The number of nitrogens with one attached hydrogen (secondary N) is 1. The molecule has 3 rings (SSSR count). The van der Waals surface area contributed by atoms with E-state index in [4.69, 9.17) is 9.15 Å². The van der Waals surface area contributed by atoms with Gasteiger partial charge >= 0.3 is 0 Å². The molecular weight excluding hydrogens is 254 g/mol. The number of hydrogen-bond donors (Lipinski definition) is 1. The minimum Gasteiger partial charge on any atom is -0.462 e. The lowest BCUT2D eigenvalue weighted by Crippen LogP contribution is -2.17. The highest BCUT2D eigenvalue weighted by molar-refractivity contribution is 5.10. The summed E-state index contributed by atoms with van der Waals surface area (Å²) in [6.07, 6.45) is 7.21. The van der Waals surface area contributed by atoms with Gasteiger partial charge in [-0.1, -0.05) is 0 Å². The fourth-order valence-corrected chi connectivity index (χ4v) is 2.58. The van der Waals surface area contributed by atoms with Crippen molar-refractivity contribution in [1.29, 1.82) is 0 Å². The predicted molar refractivity (Wildman–Crippen MR) is 75.0 cm³/mol. The number of aromatic amines is 1. The van der Waals surface area contributed by atoms with Crippen molar-refractivity contribution in [2.45, 2.75) is 38.5 Å². The van der Waals surface area contributed by atoms with E-state index in [1.54, 1.807) is 6.20 Å². The largest absolute Gasteiger partial charge is 0.462 e. The van der Waals surface area contributed by atoms with E-state index in [1.807, 2.05) is 18.3 Å². The Bertz CT molecular complexity index is 515. The molecule has 108 valence electrons. The molecular formula is C15H21N3O2. The molecule has 0 aliphatic carbocycles. The molecule has 1 aliphatic heterocycles. The Morgan fingerprint density at radius 3 is 3.05 bits per heavy atom. The molecule has 5 nitrogen and oxygen atoms in total. The van der Waals surface area contributed by atoms with E-state index >= 15 is 0 Å². The van der Waals surface area contributed by atoms with Gasteiger partial charge in [-0.25, -0.2) is 4.98 Å². The molecule has 1 fully saturated rings. The van der Waals surface area contributed by atoms with Gasteiger partial charge in [0.05, 0.1) is 13.1 Å². The number of imidazole rings is 1. The number of rotatable bonds is 5. The van der Waals surface area contributed by atoms with Gasteiger partial charge in [-0.2, -0.15) is 0 Å². The van der Waals surface area contributed by atoms with Crippen LogP contribution in [-0.2, 0) is 17.8 Å². The molecule has 3 heterocycles. The zero-order valence-corrected chi connectivity index (χ0v) is 11.8. The summed E-state index contributed by atoms with van der Waals surface area (Å²) < 4.78 is 11.7. The second-order valence-corrected chi connectivity index (χ2v) is 5.37. The van der Waals surface area contributed by atoms with Crippen LogP contribution in [0.15, 0.2) is 28.9 Å². The van der Waals surface area contributed by atoms with E-state index in [9.17, 15) is 0 Å². The molecule has 1 saturated heterocycles. The van der Waals surface area contributed by atoms with Gasteiger partial charge in [0.1, 0.15) is 23.4 Å². The van der Waals surface area contributed by atoms with Gasteiger partial charge in [0.2, 0.25) is 0 Å². The van der Waals surface area contributed by atoms with Crippen molar-refractivity contribution in [2.75, 3.05) is 13.7 Å². The highest BCUT2D eigenvalue weighted by atomic mass is 16.5. The van der Waals surface area contributed by atoms with Crippen molar-refractivity contribution in [1.82, 2.24) is 14.9 Å². The van der Waals surface area contributed by atoms with Crippen molar-refractivity contribution in [3.8, 4) is 0 Å². The molecule has 1 N–H and O–H groups in total. The van der Waals surface area contributed by atoms with Crippen LogP contribution in [-0.4, -0.2) is 28.5 Å². The van der Waals surface area contributed by atoms with Gasteiger partial charge in [-0.05, 0) is 38.4 Å². The highest BCUT2D eigenvalue weighted by Gasteiger charge is 2.19. The summed E-state index contributed by atoms with van der Waals surface area (Å²) in [7, 11) is 2.06. The second kappa shape index (κ2) is 6.24. The molecule has 5 heteroatoms. The minimum absolute atomic E-state index is 0.146. The number of aromatic nitrogens is 2. The summed E-state index contributed by atoms with van der Waals surface area (Å²) in [5.74, 6) is 2.91.